The lowest BCUT2D eigenvalue weighted by Crippen LogP contribution is -2.41. The molecule has 1 amide bonds. The fraction of sp³-hybridized carbons (Fsp3) is 0.524. The van der Waals surface area contributed by atoms with Crippen molar-refractivity contribution in [2.75, 3.05) is 45.6 Å². The number of morpholine rings is 1. The van der Waals surface area contributed by atoms with E-state index >= 15 is 0 Å². The molecule has 0 N–H and O–H groups in total. The molecule has 1 aromatic carbocycles. The zero-order valence-corrected chi connectivity index (χ0v) is 18.7. The highest BCUT2D eigenvalue weighted by Gasteiger charge is 2.34. The number of fused-ring (bicyclic) bond motifs is 3. The van der Waals surface area contributed by atoms with Crippen LogP contribution in [0, 0.1) is 0 Å². The van der Waals surface area contributed by atoms with E-state index in [4.69, 9.17) is 9.84 Å². The lowest BCUT2D eigenvalue weighted by molar-refractivity contribution is 0.0297. The zero-order chi connectivity index (χ0) is 20.7. The van der Waals surface area contributed by atoms with Crippen LogP contribution in [0.15, 0.2) is 29.2 Å². The van der Waals surface area contributed by atoms with E-state index in [1.807, 2.05) is 9.21 Å². The summed E-state index contributed by atoms with van der Waals surface area (Å²) in [7, 11) is -0.939. The molecule has 1 unspecified atom stereocenters. The van der Waals surface area contributed by atoms with Gasteiger partial charge >= 0.3 is 0 Å². The van der Waals surface area contributed by atoms with E-state index in [0.29, 0.717) is 32.0 Å². The molecule has 160 valence electrons. The number of hydrogen-bond donors (Lipinski definition) is 0. The van der Waals surface area contributed by atoms with Crippen LogP contribution in [0.4, 0.5) is 0 Å². The van der Waals surface area contributed by atoms with E-state index < -0.39 is 11.0 Å². The Kier molecular flexibility index (Phi) is 5.70. The average molecular weight is 447 g/mol. The molecule has 0 saturated carbocycles. The number of hydrogen-bond acceptors (Lipinski definition) is 5. The molecule has 3 aliphatic heterocycles. The standard InChI is InChI=1S/C21H26N4O3S2/c1-30(27)24-8-6-15(7-9-24)25-20-16-4-2-3-5-18(16)29-14-17(20)19(22-25)21(26)23-10-12-28-13-11-23/h2-5,15H,6-14H2,1H3. The Hall–Kier alpha value is -1.68. The molecule has 9 heteroatoms. The normalized spacial score (nSPS) is 21.2. The van der Waals surface area contributed by atoms with Crippen LogP contribution in [0.5, 0.6) is 0 Å². The minimum absolute atomic E-state index is 0.0142. The number of piperidine rings is 1. The van der Waals surface area contributed by atoms with Gasteiger partial charge in [-0.25, -0.2) is 8.51 Å². The predicted octanol–water partition coefficient (Wildman–Crippen LogP) is 2.56. The number of ether oxygens (including phenoxy) is 1. The van der Waals surface area contributed by atoms with Gasteiger partial charge < -0.3 is 9.64 Å². The SMILES string of the molecule is CS(=O)N1CCC(n2nc(C(=O)N3CCOCC3)c3c2-c2ccccc2SC3)CC1. The summed E-state index contributed by atoms with van der Waals surface area (Å²) in [4.78, 5) is 16.5. The van der Waals surface area contributed by atoms with Crippen LogP contribution >= 0.6 is 11.8 Å². The highest BCUT2D eigenvalue weighted by Crippen LogP contribution is 2.44. The smallest absolute Gasteiger partial charge is 0.274 e. The lowest BCUT2D eigenvalue weighted by Gasteiger charge is -2.31. The molecule has 3 aliphatic rings. The zero-order valence-electron chi connectivity index (χ0n) is 17.1. The van der Waals surface area contributed by atoms with Gasteiger partial charge in [-0.15, -0.1) is 11.8 Å². The van der Waals surface area contributed by atoms with Gasteiger partial charge in [0.2, 0.25) is 0 Å². The maximum atomic E-state index is 13.4. The predicted molar refractivity (Wildman–Crippen MR) is 118 cm³/mol. The van der Waals surface area contributed by atoms with Gasteiger partial charge in [0, 0.05) is 54.2 Å². The first-order valence-corrected chi connectivity index (χ1v) is 12.9. The molecule has 0 spiro atoms. The van der Waals surface area contributed by atoms with Crippen LogP contribution < -0.4 is 0 Å². The first-order valence-electron chi connectivity index (χ1n) is 10.4. The molecule has 0 aliphatic carbocycles. The van der Waals surface area contributed by atoms with Gasteiger partial charge in [-0.2, -0.15) is 5.10 Å². The second kappa shape index (κ2) is 8.45. The summed E-state index contributed by atoms with van der Waals surface area (Å²) in [6.45, 7) is 3.96. The van der Waals surface area contributed by atoms with Gasteiger partial charge in [-0.05, 0) is 18.9 Å². The highest BCUT2D eigenvalue weighted by atomic mass is 32.2. The average Bonchev–Trinajstić information content (AvgIpc) is 3.19. The van der Waals surface area contributed by atoms with Crippen molar-refractivity contribution >= 4 is 28.7 Å². The first kappa shape index (κ1) is 20.2. The fourth-order valence-corrected chi connectivity index (χ4v) is 6.32. The van der Waals surface area contributed by atoms with Gasteiger partial charge in [-0.1, -0.05) is 18.2 Å². The Labute approximate surface area is 183 Å². The third kappa shape index (κ3) is 3.62. The maximum Gasteiger partial charge on any atom is 0.274 e. The minimum Gasteiger partial charge on any atom is -0.378 e. The highest BCUT2D eigenvalue weighted by molar-refractivity contribution is 7.98. The van der Waals surface area contributed by atoms with Crippen molar-refractivity contribution in [1.29, 1.82) is 0 Å². The summed E-state index contributed by atoms with van der Waals surface area (Å²) in [5, 5.41) is 4.94. The molecule has 2 saturated heterocycles. The van der Waals surface area contributed by atoms with Crippen molar-refractivity contribution in [2.24, 2.45) is 0 Å². The number of carbonyl (C=O) groups excluding carboxylic acids is 1. The van der Waals surface area contributed by atoms with E-state index in [9.17, 15) is 9.00 Å². The second-order valence-electron chi connectivity index (χ2n) is 7.89. The second-order valence-corrected chi connectivity index (χ2v) is 10.3. The van der Waals surface area contributed by atoms with Crippen LogP contribution in [-0.4, -0.2) is 74.8 Å². The van der Waals surface area contributed by atoms with Crippen LogP contribution in [0.2, 0.25) is 0 Å². The molecule has 1 atom stereocenters. The molecule has 2 fully saturated rings. The third-order valence-electron chi connectivity index (χ3n) is 6.16. The molecule has 0 bridgehead atoms. The molecular weight excluding hydrogens is 420 g/mol. The van der Waals surface area contributed by atoms with E-state index in [-0.39, 0.29) is 11.9 Å². The summed E-state index contributed by atoms with van der Waals surface area (Å²) in [5.41, 5.74) is 3.91. The van der Waals surface area contributed by atoms with Crippen molar-refractivity contribution in [3.05, 3.63) is 35.5 Å². The maximum absolute atomic E-state index is 13.4. The van der Waals surface area contributed by atoms with Crippen LogP contribution in [0.1, 0.15) is 34.9 Å². The van der Waals surface area contributed by atoms with E-state index in [0.717, 1.165) is 42.9 Å². The van der Waals surface area contributed by atoms with Gasteiger partial charge in [0.25, 0.3) is 5.91 Å². The number of amides is 1. The minimum atomic E-state index is -0.939. The van der Waals surface area contributed by atoms with Gasteiger partial charge in [-0.3, -0.25) is 9.48 Å². The van der Waals surface area contributed by atoms with Crippen molar-refractivity contribution in [1.82, 2.24) is 19.0 Å². The summed E-state index contributed by atoms with van der Waals surface area (Å²) in [5.74, 6) is 0.774. The third-order valence-corrected chi connectivity index (χ3v) is 8.35. The Balaban J connectivity index is 1.55. The molecule has 7 nitrogen and oxygen atoms in total. The molecule has 2 aromatic rings. The van der Waals surface area contributed by atoms with E-state index in [1.54, 1.807) is 18.0 Å². The van der Waals surface area contributed by atoms with Gasteiger partial charge in [0.05, 0.1) is 35.9 Å². The van der Waals surface area contributed by atoms with Gasteiger partial charge in [0.1, 0.15) is 0 Å². The van der Waals surface area contributed by atoms with E-state index in [2.05, 4.69) is 28.9 Å². The lowest BCUT2D eigenvalue weighted by atomic mass is 10.0. The summed E-state index contributed by atoms with van der Waals surface area (Å²) < 4.78 is 21.4. The number of rotatable bonds is 3. The van der Waals surface area contributed by atoms with Crippen molar-refractivity contribution < 1.29 is 13.7 Å². The molecule has 30 heavy (non-hydrogen) atoms. The topological polar surface area (TPSA) is 67.7 Å². The largest absolute Gasteiger partial charge is 0.378 e. The van der Waals surface area contributed by atoms with Crippen LogP contribution in [-0.2, 0) is 21.5 Å². The number of nitrogens with zero attached hydrogens (tertiary/aromatic N) is 4. The Morgan fingerprint density at radius 1 is 1.17 bits per heavy atom. The molecule has 4 heterocycles. The Morgan fingerprint density at radius 2 is 1.90 bits per heavy atom. The molecule has 1 aromatic heterocycles. The summed E-state index contributed by atoms with van der Waals surface area (Å²) in [6.07, 6.45) is 3.51. The Morgan fingerprint density at radius 3 is 2.63 bits per heavy atom. The van der Waals surface area contributed by atoms with Crippen LogP contribution in [0.3, 0.4) is 0 Å². The van der Waals surface area contributed by atoms with Crippen molar-refractivity contribution in [3.8, 4) is 11.3 Å². The monoisotopic (exact) mass is 446 g/mol. The number of carbonyl (C=O) groups is 1. The quantitative estimate of drug-likeness (QED) is 0.725. The summed E-state index contributed by atoms with van der Waals surface area (Å²) in [6, 6.07) is 8.61. The summed E-state index contributed by atoms with van der Waals surface area (Å²) >= 11 is 1.78. The molecular formula is C21H26N4O3S2. The van der Waals surface area contributed by atoms with Crippen LogP contribution in [0.25, 0.3) is 11.3 Å². The van der Waals surface area contributed by atoms with Gasteiger partial charge in [0.15, 0.2) is 5.69 Å². The van der Waals surface area contributed by atoms with Crippen molar-refractivity contribution in [2.45, 2.75) is 29.5 Å². The number of thioether (sulfide) groups is 1. The first-order chi connectivity index (χ1) is 14.6. The van der Waals surface area contributed by atoms with E-state index in [1.165, 1.54) is 10.5 Å². The fourth-order valence-electron chi connectivity index (χ4n) is 4.53. The molecule has 0 radical (unpaired) electrons. The van der Waals surface area contributed by atoms with Crippen molar-refractivity contribution in [3.63, 3.8) is 0 Å². The number of aromatic nitrogens is 2. The number of benzene rings is 1. The Bertz CT molecular complexity index is 979. The molecule has 5 rings (SSSR count).